The van der Waals surface area contributed by atoms with E-state index in [4.69, 9.17) is 5.11 Å². The molecule has 0 aliphatic carbocycles. The fourth-order valence-electron chi connectivity index (χ4n) is 2.03. The van der Waals surface area contributed by atoms with Gasteiger partial charge >= 0.3 is 12.0 Å². The maximum atomic E-state index is 11.8. The summed E-state index contributed by atoms with van der Waals surface area (Å²) >= 11 is 0. The minimum Gasteiger partial charge on any atom is -0.480 e. The van der Waals surface area contributed by atoms with Crippen molar-refractivity contribution in [2.75, 3.05) is 6.54 Å². The zero-order valence-electron chi connectivity index (χ0n) is 13.1. The first kappa shape index (κ1) is 17.0. The number of urea groups is 1. The highest BCUT2D eigenvalue weighted by Gasteiger charge is 2.32. The Labute approximate surface area is 125 Å². The van der Waals surface area contributed by atoms with Gasteiger partial charge in [-0.15, -0.1) is 0 Å². The predicted octanol–water partition coefficient (Wildman–Crippen LogP) is 2.34. The van der Waals surface area contributed by atoms with Crippen LogP contribution in [0.2, 0.25) is 0 Å². The van der Waals surface area contributed by atoms with E-state index in [9.17, 15) is 9.59 Å². The molecular weight excluding hydrogens is 268 g/mol. The molecule has 0 bridgehead atoms. The number of carboxylic acid groups (broad SMARTS) is 1. The lowest BCUT2D eigenvalue weighted by molar-refractivity contribution is -0.141. The molecule has 116 valence electrons. The Hall–Kier alpha value is -2.04. The van der Waals surface area contributed by atoms with Gasteiger partial charge in [0.05, 0.1) is 0 Å². The Morgan fingerprint density at radius 2 is 1.86 bits per heavy atom. The molecule has 1 atom stereocenters. The molecule has 1 aromatic carbocycles. The highest BCUT2D eigenvalue weighted by Crippen LogP contribution is 2.19. The van der Waals surface area contributed by atoms with Crippen LogP contribution in [-0.2, 0) is 11.2 Å². The summed E-state index contributed by atoms with van der Waals surface area (Å²) < 4.78 is 0. The molecular formula is C16H24N2O3. The molecule has 0 unspecified atom stereocenters. The summed E-state index contributed by atoms with van der Waals surface area (Å²) in [6, 6.07) is 6.60. The van der Waals surface area contributed by atoms with Crippen LogP contribution in [0.4, 0.5) is 4.79 Å². The van der Waals surface area contributed by atoms with Gasteiger partial charge in [-0.1, -0.05) is 45.0 Å². The van der Waals surface area contributed by atoms with E-state index in [2.05, 4.69) is 10.6 Å². The number of carbonyl (C=O) groups is 2. The van der Waals surface area contributed by atoms with Gasteiger partial charge in [-0.25, -0.2) is 9.59 Å². The lowest BCUT2D eigenvalue weighted by Crippen LogP contribution is -2.52. The van der Waals surface area contributed by atoms with E-state index < -0.39 is 23.5 Å². The predicted molar refractivity (Wildman–Crippen MR) is 82.3 cm³/mol. The van der Waals surface area contributed by atoms with Crippen LogP contribution in [0.15, 0.2) is 24.3 Å². The number of benzene rings is 1. The molecule has 1 aromatic rings. The number of aryl methyl sites for hydroxylation is 1. The minimum absolute atomic E-state index is 0.453. The van der Waals surface area contributed by atoms with Crippen LogP contribution in [0.1, 0.15) is 31.9 Å². The van der Waals surface area contributed by atoms with Gasteiger partial charge in [0.1, 0.15) is 6.04 Å². The van der Waals surface area contributed by atoms with Crippen molar-refractivity contribution in [3.63, 3.8) is 0 Å². The number of aliphatic carboxylic acids is 1. The smallest absolute Gasteiger partial charge is 0.326 e. The number of rotatable bonds is 5. The molecule has 0 heterocycles. The average Bonchev–Trinajstić information content (AvgIpc) is 2.36. The molecule has 0 radical (unpaired) electrons. The first-order chi connectivity index (χ1) is 9.71. The second-order valence-electron chi connectivity index (χ2n) is 6.21. The minimum atomic E-state index is -1.03. The number of hydrogen-bond acceptors (Lipinski definition) is 2. The highest BCUT2D eigenvalue weighted by molar-refractivity contribution is 5.83. The normalized spacial score (nSPS) is 12.6. The summed E-state index contributed by atoms with van der Waals surface area (Å²) in [7, 11) is 0. The lowest BCUT2D eigenvalue weighted by atomic mass is 9.87. The third kappa shape index (κ3) is 5.45. The van der Waals surface area contributed by atoms with Gasteiger partial charge < -0.3 is 15.7 Å². The number of carbonyl (C=O) groups excluding carboxylic acids is 1. The molecule has 0 saturated heterocycles. The molecule has 3 N–H and O–H groups in total. The summed E-state index contributed by atoms with van der Waals surface area (Å²) in [6.07, 6.45) is 0.716. The van der Waals surface area contributed by atoms with E-state index in [1.54, 1.807) is 20.8 Å². The van der Waals surface area contributed by atoms with Crippen molar-refractivity contribution in [1.29, 1.82) is 0 Å². The van der Waals surface area contributed by atoms with E-state index in [-0.39, 0.29) is 0 Å². The van der Waals surface area contributed by atoms with Crippen LogP contribution in [0.3, 0.4) is 0 Å². The number of nitrogens with one attached hydrogen (secondary N) is 2. The molecule has 0 fully saturated rings. The van der Waals surface area contributed by atoms with E-state index in [1.807, 2.05) is 31.2 Å². The Morgan fingerprint density at radius 1 is 1.24 bits per heavy atom. The van der Waals surface area contributed by atoms with Gasteiger partial charge in [-0.2, -0.15) is 0 Å². The van der Waals surface area contributed by atoms with Gasteiger partial charge in [-0.3, -0.25) is 0 Å². The summed E-state index contributed by atoms with van der Waals surface area (Å²) in [5.41, 5.74) is 1.81. The summed E-state index contributed by atoms with van der Waals surface area (Å²) in [5, 5.41) is 14.4. The van der Waals surface area contributed by atoms with Crippen molar-refractivity contribution in [2.45, 2.75) is 40.2 Å². The first-order valence-electron chi connectivity index (χ1n) is 7.03. The Balaban J connectivity index is 2.47. The van der Waals surface area contributed by atoms with E-state index in [0.29, 0.717) is 13.0 Å². The van der Waals surface area contributed by atoms with Gasteiger partial charge in [0, 0.05) is 6.54 Å². The Morgan fingerprint density at radius 3 is 2.38 bits per heavy atom. The number of hydrogen-bond donors (Lipinski definition) is 3. The molecule has 0 aliphatic heterocycles. The van der Waals surface area contributed by atoms with Crippen molar-refractivity contribution >= 4 is 12.0 Å². The maximum Gasteiger partial charge on any atom is 0.326 e. The van der Waals surface area contributed by atoms with Crippen molar-refractivity contribution in [3.05, 3.63) is 35.4 Å². The lowest BCUT2D eigenvalue weighted by Gasteiger charge is -2.27. The highest BCUT2D eigenvalue weighted by atomic mass is 16.4. The number of amides is 2. The second kappa shape index (κ2) is 7.11. The monoisotopic (exact) mass is 292 g/mol. The summed E-state index contributed by atoms with van der Waals surface area (Å²) in [5.74, 6) is -1.03. The molecule has 5 nitrogen and oxygen atoms in total. The van der Waals surface area contributed by atoms with Crippen molar-refractivity contribution in [1.82, 2.24) is 10.6 Å². The molecule has 0 aliphatic rings. The third-order valence-electron chi connectivity index (χ3n) is 3.33. The first-order valence-corrected chi connectivity index (χ1v) is 7.03. The summed E-state index contributed by atoms with van der Waals surface area (Å²) in [6.45, 7) is 7.82. The van der Waals surface area contributed by atoms with Crippen LogP contribution in [-0.4, -0.2) is 29.7 Å². The van der Waals surface area contributed by atoms with Crippen LogP contribution in [0.5, 0.6) is 0 Å². The zero-order valence-corrected chi connectivity index (χ0v) is 13.1. The van der Waals surface area contributed by atoms with E-state index in [1.165, 1.54) is 11.1 Å². The van der Waals surface area contributed by atoms with Gasteiger partial charge in [0.2, 0.25) is 0 Å². The van der Waals surface area contributed by atoms with Crippen molar-refractivity contribution in [3.8, 4) is 0 Å². The second-order valence-corrected chi connectivity index (χ2v) is 6.21. The third-order valence-corrected chi connectivity index (χ3v) is 3.33. The zero-order chi connectivity index (χ0) is 16.0. The molecule has 0 saturated carbocycles. The van der Waals surface area contributed by atoms with Crippen LogP contribution in [0, 0.1) is 12.3 Å². The molecule has 21 heavy (non-hydrogen) atoms. The fourth-order valence-corrected chi connectivity index (χ4v) is 2.03. The Kier molecular flexibility index (Phi) is 5.76. The molecule has 0 spiro atoms. The van der Waals surface area contributed by atoms with Crippen LogP contribution in [0.25, 0.3) is 0 Å². The molecule has 5 heteroatoms. The average molecular weight is 292 g/mol. The maximum absolute atomic E-state index is 11.8. The Bertz CT molecular complexity index is 506. The molecule has 0 aromatic heterocycles. The van der Waals surface area contributed by atoms with Crippen LogP contribution < -0.4 is 10.6 Å². The van der Waals surface area contributed by atoms with Gasteiger partial charge in [0.25, 0.3) is 0 Å². The number of carboxylic acids is 1. The molecule has 2 amide bonds. The van der Waals surface area contributed by atoms with Gasteiger partial charge in [0.15, 0.2) is 0 Å². The van der Waals surface area contributed by atoms with Crippen molar-refractivity contribution in [2.24, 2.45) is 5.41 Å². The molecule has 1 rings (SSSR count). The standard InChI is InChI=1S/C16H24N2O3/c1-11-7-5-6-8-12(11)9-10-17-15(21)18-13(14(19)20)16(2,3)4/h5-8,13H,9-10H2,1-4H3,(H,19,20)(H2,17,18,21)/t13-/m1/s1. The summed E-state index contributed by atoms with van der Waals surface area (Å²) in [4.78, 5) is 23.0. The topological polar surface area (TPSA) is 78.4 Å². The van der Waals surface area contributed by atoms with Crippen LogP contribution >= 0.6 is 0 Å². The largest absolute Gasteiger partial charge is 0.480 e. The van der Waals surface area contributed by atoms with E-state index >= 15 is 0 Å². The van der Waals surface area contributed by atoms with Gasteiger partial charge in [-0.05, 0) is 29.9 Å². The SMILES string of the molecule is Cc1ccccc1CCNC(=O)N[C@H](C(=O)O)C(C)(C)C. The quantitative estimate of drug-likeness (QED) is 0.779. The van der Waals surface area contributed by atoms with Crippen molar-refractivity contribution < 1.29 is 14.7 Å². The fraction of sp³-hybridized carbons (Fsp3) is 0.500. The van der Waals surface area contributed by atoms with E-state index in [0.717, 1.165) is 0 Å².